The van der Waals surface area contributed by atoms with Gasteiger partial charge in [-0.3, -0.25) is 0 Å². The highest BCUT2D eigenvalue weighted by Gasteiger charge is 2.50. The van der Waals surface area contributed by atoms with Crippen LogP contribution in [0.1, 0.15) is 66.7 Å². The summed E-state index contributed by atoms with van der Waals surface area (Å²) in [5, 5.41) is 10.2. The molecule has 100 valence electrons. The summed E-state index contributed by atoms with van der Waals surface area (Å²) in [6, 6.07) is 0. The van der Waals surface area contributed by atoms with Crippen LogP contribution in [0.4, 0.5) is 0 Å². The topological polar surface area (TPSA) is 20.2 Å². The average molecular weight is 238 g/mol. The molecule has 1 heteroatoms. The van der Waals surface area contributed by atoms with E-state index >= 15 is 0 Å². The number of hydrogen-bond acceptors (Lipinski definition) is 1. The zero-order valence-corrected chi connectivity index (χ0v) is 12.3. The van der Waals surface area contributed by atoms with Crippen molar-refractivity contribution >= 4 is 0 Å². The number of aliphatic hydroxyl groups is 1. The van der Waals surface area contributed by atoms with Gasteiger partial charge in [-0.2, -0.15) is 0 Å². The summed E-state index contributed by atoms with van der Waals surface area (Å²) >= 11 is 0. The molecule has 0 heterocycles. The maximum absolute atomic E-state index is 10.2. The van der Waals surface area contributed by atoms with E-state index in [1.807, 2.05) is 6.92 Å². The van der Waals surface area contributed by atoms with Crippen LogP contribution in [0.3, 0.4) is 0 Å². The molecule has 2 rings (SSSR count). The second kappa shape index (κ2) is 4.26. The van der Waals surface area contributed by atoms with Crippen LogP contribution < -0.4 is 0 Å². The summed E-state index contributed by atoms with van der Waals surface area (Å²) in [7, 11) is 0. The van der Waals surface area contributed by atoms with Crippen molar-refractivity contribution in [3.63, 3.8) is 0 Å². The van der Waals surface area contributed by atoms with Crippen LogP contribution in [-0.2, 0) is 0 Å². The van der Waals surface area contributed by atoms with Crippen LogP contribution in [0.15, 0.2) is 0 Å². The van der Waals surface area contributed by atoms with Gasteiger partial charge in [-0.25, -0.2) is 0 Å². The molecule has 0 aromatic carbocycles. The van der Waals surface area contributed by atoms with Gasteiger partial charge in [-0.1, -0.05) is 40.5 Å². The summed E-state index contributed by atoms with van der Waals surface area (Å²) in [4.78, 5) is 0. The van der Waals surface area contributed by atoms with Gasteiger partial charge in [0.05, 0.1) is 6.10 Å². The third kappa shape index (κ3) is 2.16. The lowest BCUT2D eigenvalue weighted by molar-refractivity contribution is -0.0951. The van der Waals surface area contributed by atoms with Gasteiger partial charge in [-0.05, 0) is 54.8 Å². The summed E-state index contributed by atoms with van der Waals surface area (Å²) in [6.07, 6.45) is 6.59. The second-order valence-electron chi connectivity index (χ2n) is 7.77. The maximum Gasteiger partial charge on any atom is 0.0568 e. The summed E-state index contributed by atoms with van der Waals surface area (Å²) < 4.78 is 0. The second-order valence-corrected chi connectivity index (χ2v) is 7.77. The predicted molar refractivity (Wildman–Crippen MR) is 72.8 cm³/mol. The molecule has 1 N–H and O–H groups in total. The fourth-order valence-corrected chi connectivity index (χ4v) is 4.55. The molecular formula is C16H30O. The first-order chi connectivity index (χ1) is 7.77. The highest BCUT2D eigenvalue weighted by molar-refractivity contribution is 5.00. The van der Waals surface area contributed by atoms with Gasteiger partial charge in [0.25, 0.3) is 0 Å². The smallest absolute Gasteiger partial charge is 0.0568 e. The predicted octanol–water partition coefficient (Wildman–Crippen LogP) is 4.25. The molecule has 0 saturated heterocycles. The first-order valence-corrected chi connectivity index (χ1v) is 7.45. The van der Waals surface area contributed by atoms with E-state index < -0.39 is 0 Å². The Morgan fingerprint density at radius 1 is 1.24 bits per heavy atom. The van der Waals surface area contributed by atoms with Crippen LogP contribution in [0.5, 0.6) is 0 Å². The van der Waals surface area contributed by atoms with E-state index in [2.05, 4.69) is 27.7 Å². The van der Waals surface area contributed by atoms with E-state index in [4.69, 9.17) is 0 Å². The van der Waals surface area contributed by atoms with Crippen molar-refractivity contribution in [2.24, 2.45) is 28.6 Å². The molecule has 2 aliphatic rings. The van der Waals surface area contributed by atoms with Crippen LogP contribution in [0.25, 0.3) is 0 Å². The Bertz CT molecular complexity index is 281. The summed E-state index contributed by atoms with van der Waals surface area (Å²) in [6.45, 7) is 11.5. The van der Waals surface area contributed by atoms with Crippen LogP contribution in [0, 0.1) is 28.6 Å². The molecule has 5 atom stereocenters. The van der Waals surface area contributed by atoms with Crippen LogP contribution >= 0.6 is 0 Å². The Labute approximate surface area is 107 Å². The summed E-state index contributed by atoms with van der Waals surface area (Å²) in [5.41, 5.74) is 0.620. The lowest BCUT2D eigenvalue weighted by atomic mass is 9.50. The zero-order chi connectivity index (χ0) is 12.8. The lowest BCUT2D eigenvalue weighted by Crippen LogP contribution is -2.49. The molecule has 2 fully saturated rings. The fraction of sp³-hybridized carbons (Fsp3) is 1.00. The van der Waals surface area contributed by atoms with Crippen molar-refractivity contribution in [3.8, 4) is 0 Å². The largest absolute Gasteiger partial charge is 0.393 e. The average Bonchev–Trinajstić information content (AvgIpc) is 2.21. The Kier molecular flexibility index (Phi) is 3.36. The Morgan fingerprint density at radius 3 is 2.47 bits per heavy atom. The molecule has 2 aliphatic carbocycles. The molecule has 0 radical (unpaired) electrons. The molecular weight excluding hydrogens is 208 g/mol. The van der Waals surface area contributed by atoms with E-state index in [0.29, 0.717) is 11.3 Å². The van der Waals surface area contributed by atoms with Gasteiger partial charge >= 0.3 is 0 Å². The number of rotatable bonds is 1. The van der Waals surface area contributed by atoms with Gasteiger partial charge in [0, 0.05) is 0 Å². The minimum absolute atomic E-state index is 0.135. The standard InChI is InChI=1S/C16H30O/c1-11-9-13-7-6-8-15(3,4)14(13)10-16(11,5)12(2)17/h11-14,17H,6-10H2,1-5H3/t11-,12+,13-,14+,16-/m1/s1. The molecule has 0 spiro atoms. The highest BCUT2D eigenvalue weighted by atomic mass is 16.3. The van der Waals surface area contributed by atoms with Crippen molar-refractivity contribution in [1.29, 1.82) is 0 Å². The molecule has 0 aromatic heterocycles. The van der Waals surface area contributed by atoms with E-state index in [1.54, 1.807) is 0 Å². The van der Waals surface area contributed by atoms with Gasteiger partial charge in [0.2, 0.25) is 0 Å². The fourth-order valence-electron chi connectivity index (χ4n) is 4.55. The maximum atomic E-state index is 10.2. The van der Waals surface area contributed by atoms with Gasteiger partial charge in [0.15, 0.2) is 0 Å². The molecule has 1 nitrogen and oxygen atoms in total. The number of aliphatic hydroxyl groups excluding tert-OH is 1. The first-order valence-electron chi connectivity index (χ1n) is 7.45. The van der Waals surface area contributed by atoms with E-state index in [1.165, 1.54) is 32.1 Å². The van der Waals surface area contributed by atoms with Crippen LogP contribution in [-0.4, -0.2) is 11.2 Å². The SMILES string of the molecule is C[C@H](O)[C@]1(C)C[C@H]2[C@H](CCCC2(C)C)C[C@H]1C. The molecule has 0 bridgehead atoms. The third-order valence-corrected chi connectivity index (χ3v) is 6.37. The van der Waals surface area contributed by atoms with Crippen molar-refractivity contribution in [3.05, 3.63) is 0 Å². The van der Waals surface area contributed by atoms with Gasteiger partial charge < -0.3 is 5.11 Å². The van der Waals surface area contributed by atoms with Crippen molar-refractivity contribution in [2.75, 3.05) is 0 Å². The lowest BCUT2D eigenvalue weighted by Gasteiger charge is -2.55. The Morgan fingerprint density at radius 2 is 1.88 bits per heavy atom. The minimum Gasteiger partial charge on any atom is -0.393 e. The molecule has 0 unspecified atom stereocenters. The zero-order valence-electron chi connectivity index (χ0n) is 12.3. The number of hydrogen-bond donors (Lipinski definition) is 1. The van der Waals surface area contributed by atoms with Gasteiger partial charge in [-0.15, -0.1) is 0 Å². The Balaban J connectivity index is 2.23. The molecule has 0 aliphatic heterocycles. The summed E-state index contributed by atoms with van der Waals surface area (Å²) in [5.74, 6) is 2.41. The minimum atomic E-state index is -0.170. The molecule has 2 saturated carbocycles. The quantitative estimate of drug-likeness (QED) is 0.724. The van der Waals surface area contributed by atoms with Crippen LogP contribution in [0.2, 0.25) is 0 Å². The van der Waals surface area contributed by atoms with Crippen molar-refractivity contribution < 1.29 is 5.11 Å². The van der Waals surface area contributed by atoms with Gasteiger partial charge in [0.1, 0.15) is 0 Å². The normalized spacial score (nSPS) is 47.3. The van der Waals surface area contributed by atoms with E-state index in [9.17, 15) is 5.11 Å². The van der Waals surface area contributed by atoms with E-state index in [-0.39, 0.29) is 11.5 Å². The monoisotopic (exact) mass is 238 g/mol. The van der Waals surface area contributed by atoms with Crippen molar-refractivity contribution in [2.45, 2.75) is 72.8 Å². The molecule has 0 amide bonds. The highest BCUT2D eigenvalue weighted by Crippen LogP contribution is 2.57. The Hall–Kier alpha value is -0.0400. The molecule has 17 heavy (non-hydrogen) atoms. The number of fused-ring (bicyclic) bond motifs is 1. The third-order valence-electron chi connectivity index (χ3n) is 6.37. The first kappa shape index (κ1) is 13.4. The molecule has 0 aromatic rings. The van der Waals surface area contributed by atoms with Crippen molar-refractivity contribution in [1.82, 2.24) is 0 Å². The van der Waals surface area contributed by atoms with E-state index in [0.717, 1.165) is 11.8 Å².